The van der Waals surface area contributed by atoms with Crippen LogP contribution in [0.25, 0.3) is 0 Å². The van der Waals surface area contributed by atoms with Gasteiger partial charge in [0.1, 0.15) is 13.8 Å². The largest absolute Gasteiger partial charge is 0.497 e. The zero-order valence-corrected chi connectivity index (χ0v) is 27.5. The summed E-state index contributed by atoms with van der Waals surface area (Å²) in [6.07, 6.45) is 12.4. The summed E-state index contributed by atoms with van der Waals surface area (Å²) in [5, 5.41) is 4.05. The maximum absolute atomic E-state index is 14.1. The summed E-state index contributed by atoms with van der Waals surface area (Å²) < 4.78 is 5.62. The Labute approximate surface area is 255 Å². The molecule has 0 unspecified atom stereocenters. The van der Waals surface area contributed by atoms with Crippen molar-refractivity contribution < 1.29 is 9.53 Å². The lowest BCUT2D eigenvalue weighted by molar-refractivity contribution is -0.130. The number of hydrogen-bond donors (Lipinski definition) is 1. The maximum Gasteiger partial charge on any atom is 0.298 e. The molecule has 4 bridgehead atoms. The number of nitrogens with one attached hydrogen (secondary N) is 1. The van der Waals surface area contributed by atoms with E-state index >= 15 is 0 Å². The van der Waals surface area contributed by atoms with Crippen molar-refractivity contribution >= 4 is 19.7 Å². The topological polar surface area (TPSA) is 41.6 Å². The Morgan fingerprint density at radius 2 is 1.69 bits per heavy atom. The number of methoxy groups -OCH3 is 1. The first-order valence-corrected chi connectivity index (χ1v) is 19.8. The fraction of sp³-hybridized carbons (Fsp3) is 0.595. The van der Waals surface area contributed by atoms with Crippen molar-refractivity contribution in [3.8, 4) is 17.2 Å². The number of unbranched alkanes of at least 4 members (excludes halogenated alkanes) is 1. The third-order valence-corrected chi connectivity index (χ3v) is 13.5. The molecule has 1 amide bonds. The van der Waals surface area contributed by atoms with Crippen molar-refractivity contribution in [1.29, 1.82) is 0 Å². The number of fused-ring (bicyclic) bond motifs is 1. The van der Waals surface area contributed by atoms with Crippen molar-refractivity contribution in [2.75, 3.05) is 12.4 Å². The van der Waals surface area contributed by atoms with E-state index in [-0.39, 0.29) is 23.5 Å². The van der Waals surface area contributed by atoms with Crippen molar-refractivity contribution in [3.05, 3.63) is 59.2 Å². The molecule has 0 radical (unpaired) electrons. The number of carbonyl (C=O) groups is 1. The number of amides is 1. The molecule has 4 aliphatic carbocycles. The van der Waals surface area contributed by atoms with E-state index in [1.54, 1.807) is 7.11 Å². The summed E-state index contributed by atoms with van der Waals surface area (Å²) in [6, 6.07) is 16.5. The second-order valence-electron chi connectivity index (χ2n) is 14.6. The van der Waals surface area contributed by atoms with Gasteiger partial charge in [0.25, 0.3) is 5.91 Å². The standard InChI is InChI=1S/C37H50N2O2Si/c1-6-8-9-32-21-30-22-33(41-3)14-15-34(30)36(39(32)35(40)16-17-42(4,5)7-2)29-10-12-31(13-11-29)38-37-23-26-18-27(24-37)20-28(19-26)25-37/h10-15,22,26-28,32,36,38H,6-9,18-21,23-25H2,1-5H3/t26?,27?,28?,32-,36-,37?/m0/s1. The van der Waals surface area contributed by atoms with Crippen LogP contribution >= 0.6 is 0 Å². The molecule has 0 saturated heterocycles. The minimum absolute atomic E-state index is 0.0210. The molecule has 42 heavy (non-hydrogen) atoms. The van der Waals surface area contributed by atoms with E-state index in [0.29, 0.717) is 0 Å². The second-order valence-corrected chi connectivity index (χ2v) is 19.3. The van der Waals surface area contributed by atoms with Gasteiger partial charge in [0.05, 0.1) is 13.2 Å². The van der Waals surface area contributed by atoms with E-state index in [9.17, 15) is 4.79 Å². The van der Waals surface area contributed by atoms with Crippen LogP contribution in [0.2, 0.25) is 19.1 Å². The van der Waals surface area contributed by atoms with Crippen LogP contribution in [0.1, 0.15) is 94.4 Å². The van der Waals surface area contributed by atoms with Gasteiger partial charge < -0.3 is 15.0 Å². The molecule has 5 aliphatic rings. The molecule has 2 aromatic carbocycles. The van der Waals surface area contributed by atoms with E-state index in [0.717, 1.165) is 55.2 Å². The van der Waals surface area contributed by atoms with Gasteiger partial charge in [-0.3, -0.25) is 4.79 Å². The molecule has 7 rings (SSSR count). The Morgan fingerprint density at radius 3 is 2.29 bits per heavy atom. The highest BCUT2D eigenvalue weighted by molar-refractivity contribution is 6.85. The van der Waals surface area contributed by atoms with Gasteiger partial charge in [0.15, 0.2) is 0 Å². The summed E-state index contributed by atoms with van der Waals surface area (Å²) in [5.74, 6) is 6.77. The third kappa shape index (κ3) is 5.89. The summed E-state index contributed by atoms with van der Waals surface area (Å²) in [4.78, 5) is 16.2. The lowest BCUT2D eigenvalue weighted by Gasteiger charge is -2.57. The predicted octanol–water partition coefficient (Wildman–Crippen LogP) is 8.38. The molecule has 1 heterocycles. The summed E-state index contributed by atoms with van der Waals surface area (Å²) in [7, 11) is 0.0213. The number of ether oxygens (including phenoxy) is 1. The zero-order chi connectivity index (χ0) is 29.5. The first-order valence-electron chi connectivity index (χ1n) is 16.6. The first kappa shape index (κ1) is 29.4. The zero-order valence-electron chi connectivity index (χ0n) is 26.5. The Balaban J connectivity index is 1.34. The molecule has 4 nitrogen and oxygen atoms in total. The molecular formula is C37H50N2O2Si. The van der Waals surface area contributed by atoms with Gasteiger partial charge in [-0.05, 0) is 122 Å². The van der Waals surface area contributed by atoms with E-state index in [2.05, 4.69) is 85.0 Å². The van der Waals surface area contributed by atoms with Gasteiger partial charge in [-0.1, -0.05) is 58.0 Å². The van der Waals surface area contributed by atoms with E-state index < -0.39 is 8.07 Å². The number of carbonyl (C=O) groups excluding carboxylic acids is 1. The van der Waals surface area contributed by atoms with Gasteiger partial charge in [0, 0.05) is 17.3 Å². The smallest absolute Gasteiger partial charge is 0.298 e. The van der Waals surface area contributed by atoms with Crippen LogP contribution in [-0.2, 0) is 11.2 Å². The molecular weight excluding hydrogens is 533 g/mol. The Kier molecular flexibility index (Phi) is 8.22. The molecule has 224 valence electrons. The number of hydrogen-bond acceptors (Lipinski definition) is 3. The summed E-state index contributed by atoms with van der Waals surface area (Å²) >= 11 is 0. The van der Waals surface area contributed by atoms with Crippen LogP contribution in [-0.4, -0.2) is 37.6 Å². The SMILES string of the molecule is CCCC[C@H]1Cc2cc(OC)ccc2[C@H](c2ccc(NC34CC5CC(CC(C5)C3)C4)cc2)N1C(=O)C#C[Si](C)(C)CC. The Bertz CT molecular complexity index is 1320. The Hall–Kier alpha value is -2.71. The van der Waals surface area contributed by atoms with Crippen LogP contribution in [0.15, 0.2) is 42.5 Å². The number of nitrogens with zero attached hydrogens (tertiary/aromatic N) is 1. The molecule has 1 N–H and O–H groups in total. The van der Waals surface area contributed by atoms with E-state index in [4.69, 9.17) is 4.74 Å². The minimum Gasteiger partial charge on any atom is -0.497 e. The van der Waals surface area contributed by atoms with Gasteiger partial charge in [-0.2, -0.15) is 0 Å². The highest BCUT2D eigenvalue weighted by Crippen LogP contribution is 2.56. The van der Waals surface area contributed by atoms with Gasteiger partial charge >= 0.3 is 0 Å². The average molecular weight is 583 g/mol. The van der Waals surface area contributed by atoms with Gasteiger partial charge in [0.2, 0.25) is 0 Å². The quantitative estimate of drug-likeness (QED) is 0.251. The first-order chi connectivity index (χ1) is 20.2. The highest BCUT2D eigenvalue weighted by atomic mass is 28.3. The third-order valence-electron chi connectivity index (χ3n) is 11.0. The van der Waals surface area contributed by atoms with Crippen LogP contribution in [0.3, 0.4) is 0 Å². The van der Waals surface area contributed by atoms with Crippen LogP contribution < -0.4 is 10.1 Å². The lowest BCUT2D eigenvalue weighted by atomic mass is 9.53. The van der Waals surface area contributed by atoms with Crippen LogP contribution in [0.5, 0.6) is 5.75 Å². The van der Waals surface area contributed by atoms with Crippen molar-refractivity contribution in [2.45, 2.75) is 115 Å². The molecule has 0 aromatic heterocycles. The lowest BCUT2D eigenvalue weighted by Crippen LogP contribution is -2.54. The summed E-state index contributed by atoms with van der Waals surface area (Å²) in [5.41, 5.74) is 8.61. The van der Waals surface area contributed by atoms with Crippen molar-refractivity contribution in [2.24, 2.45) is 17.8 Å². The molecule has 1 aliphatic heterocycles. The fourth-order valence-corrected chi connectivity index (χ4v) is 9.49. The minimum atomic E-state index is -1.71. The maximum atomic E-state index is 14.1. The molecule has 0 spiro atoms. The normalized spacial score (nSPS) is 29.5. The molecule has 2 atom stereocenters. The van der Waals surface area contributed by atoms with Crippen molar-refractivity contribution in [1.82, 2.24) is 4.90 Å². The fourth-order valence-electron chi connectivity index (χ4n) is 8.86. The number of benzene rings is 2. The molecule has 4 fully saturated rings. The van der Waals surface area contributed by atoms with E-state index in [1.165, 1.54) is 60.9 Å². The van der Waals surface area contributed by atoms with Gasteiger partial charge in [-0.15, -0.1) is 5.54 Å². The Morgan fingerprint density at radius 1 is 1.02 bits per heavy atom. The average Bonchev–Trinajstić information content (AvgIpc) is 2.97. The van der Waals surface area contributed by atoms with Crippen molar-refractivity contribution in [3.63, 3.8) is 0 Å². The number of rotatable bonds is 8. The van der Waals surface area contributed by atoms with Crippen LogP contribution in [0, 0.1) is 29.2 Å². The molecule has 2 aromatic rings. The molecule has 5 heteroatoms. The second kappa shape index (κ2) is 11.8. The summed E-state index contributed by atoms with van der Waals surface area (Å²) in [6.45, 7) is 8.94. The van der Waals surface area contributed by atoms with E-state index in [1.807, 2.05) is 6.07 Å². The number of anilines is 1. The monoisotopic (exact) mass is 582 g/mol. The van der Waals surface area contributed by atoms with Gasteiger partial charge in [-0.25, -0.2) is 0 Å². The highest BCUT2D eigenvalue weighted by Gasteiger charge is 2.51. The predicted molar refractivity (Wildman–Crippen MR) is 175 cm³/mol. The molecule has 4 saturated carbocycles. The van der Waals surface area contributed by atoms with Crippen LogP contribution in [0.4, 0.5) is 5.69 Å².